The van der Waals surface area contributed by atoms with E-state index in [1.165, 1.54) is 17.3 Å². The average molecular weight is 456 g/mol. The molecule has 0 fully saturated rings. The third kappa shape index (κ3) is 4.75. The number of halogens is 1. The highest BCUT2D eigenvalue weighted by Gasteiger charge is 2.25. The maximum atomic E-state index is 12.8. The van der Waals surface area contributed by atoms with Gasteiger partial charge in [-0.1, -0.05) is 53.7 Å². The van der Waals surface area contributed by atoms with Gasteiger partial charge in [0.2, 0.25) is 11.8 Å². The van der Waals surface area contributed by atoms with Crippen molar-refractivity contribution in [2.45, 2.75) is 31.5 Å². The number of benzene rings is 2. The number of nitrogens with zero attached hydrogens (tertiary/aromatic N) is 4. The number of carbonyl (C=O) groups excluding carboxylic acids is 2. The van der Waals surface area contributed by atoms with E-state index in [4.69, 9.17) is 11.6 Å². The van der Waals surface area contributed by atoms with E-state index in [1.807, 2.05) is 34.6 Å². The van der Waals surface area contributed by atoms with Crippen molar-refractivity contribution in [2.75, 3.05) is 22.5 Å². The lowest BCUT2D eigenvalue weighted by Crippen LogP contribution is -2.30. The van der Waals surface area contributed by atoms with Gasteiger partial charge in [0, 0.05) is 18.8 Å². The number of hydrogen-bond donors (Lipinski definition) is 1. The number of fused-ring (bicyclic) bond motifs is 1. The fourth-order valence-electron chi connectivity index (χ4n) is 3.58. The van der Waals surface area contributed by atoms with Gasteiger partial charge in [-0.05, 0) is 37.1 Å². The molecule has 1 N–H and O–H groups in total. The van der Waals surface area contributed by atoms with Crippen LogP contribution in [0.2, 0.25) is 5.02 Å². The molecule has 0 unspecified atom stereocenters. The number of rotatable bonds is 7. The van der Waals surface area contributed by atoms with Gasteiger partial charge in [-0.15, -0.1) is 10.2 Å². The lowest BCUT2D eigenvalue weighted by molar-refractivity contribution is -0.116. The monoisotopic (exact) mass is 455 g/mol. The Bertz CT molecular complexity index is 1120. The zero-order valence-corrected chi connectivity index (χ0v) is 18.6. The van der Waals surface area contributed by atoms with Gasteiger partial charge in [-0.3, -0.25) is 9.59 Å². The molecule has 2 amide bonds. The SMILES string of the molecule is CCn1c(CC(=O)Nc2ccccc2Cl)nnc1SCC(=O)N1CCc2ccccc21. The van der Waals surface area contributed by atoms with Gasteiger partial charge in [0.05, 0.1) is 22.9 Å². The van der Waals surface area contributed by atoms with Crippen LogP contribution in [0.4, 0.5) is 11.4 Å². The maximum Gasteiger partial charge on any atom is 0.237 e. The minimum atomic E-state index is -0.225. The molecule has 7 nitrogen and oxygen atoms in total. The number of thioether (sulfide) groups is 1. The molecular weight excluding hydrogens is 434 g/mol. The third-order valence-electron chi connectivity index (χ3n) is 5.09. The van der Waals surface area contributed by atoms with E-state index in [2.05, 4.69) is 21.6 Å². The topological polar surface area (TPSA) is 80.1 Å². The van der Waals surface area contributed by atoms with E-state index < -0.39 is 0 Å². The molecule has 1 aliphatic heterocycles. The van der Waals surface area contributed by atoms with Crippen molar-refractivity contribution >= 4 is 46.6 Å². The second-order valence-electron chi connectivity index (χ2n) is 7.06. The molecule has 3 aromatic rings. The van der Waals surface area contributed by atoms with Crippen molar-refractivity contribution in [2.24, 2.45) is 0 Å². The van der Waals surface area contributed by atoms with Crippen LogP contribution in [-0.4, -0.2) is 38.9 Å². The molecular formula is C22H22ClN5O2S. The highest BCUT2D eigenvalue weighted by molar-refractivity contribution is 7.99. The molecule has 0 bridgehead atoms. The Morgan fingerprint density at radius 2 is 1.90 bits per heavy atom. The van der Waals surface area contributed by atoms with Crippen LogP contribution in [0.5, 0.6) is 0 Å². The summed E-state index contributed by atoms with van der Waals surface area (Å²) in [7, 11) is 0. The van der Waals surface area contributed by atoms with E-state index in [1.54, 1.807) is 24.3 Å². The number of anilines is 2. The molecule has 0 atom stereocenters. The summed E-state index contributed by atoms with van der Waals surface area (Å²) in [6, 6.07) is 15.1. The average Bonchev–Trinajstić information content (AvgIpc) is 3.37. The molecule has 0 aliphatic carbocycles. The lowest BCUT2D eigenvalue weighted by Gasteiger charge is -2.17. The molecule has 2 heterocycles. The van der Waals surface area contributed by atoms with Crippen molar-refractivity contribution in [1.82, 2.24) is 14.8 Å². The lowest BCUT2D eigenvalue weighted by atomic mass is 10.2. The van der Waals surface area contributed by atoms with Gasteiger partial charge in [0.25, 0.3) is 0 Å². The summed E-state index contributed by atoms with van der Waals surface area (Å²) in [6.45, 7) is 3.26. The van der Waals surface area contributed by atoms with Crippen LogP contribution in [0.25, 0.3) is 0 Å². The molecule has 0 spiro atoms. The predicted octanol–water partition coefficient (Wildman–Crippen LogP) is 3.81. The van der Waals surface area contributed by atoms with Crippen LogP contribution in [0.1, 0.15) is 18.3 Å². The number of aromatic nitrogens is 3. The van der Waals surface area contributed by atoms with E-state index in [0.717, 1.165) is 12.1 Å². The zero-order chi connectivity index (χ0) is 21.8. The molecule has 0 saturated heterocycles. The first-order chi connectivity index (χ1) is 15.1. The van der Waals surface area contributed by atoms with E-state index in [0.29, 0.717) is 34.8 Å². The summed E-state index contributed by atoms with van der Waals surface area (Å²) in [5.74, 6) is 0.627. The van der Waals surface area contributed by atoms with Gasteiger partial charge in [0.1, 0.15) is 5.82 Å². The largest absolute Gasteiger partial charge is 0.324 e. The van der Waals surface area contributed by atoms with Crippen molar-refractivity contribution in [3.05, 3.63) is 64.9 Å². The van der Waals surface area contributed by atoms with Crippen LogP contribution in [-0.2, 0) is 29.0 Å². The Morgan fingerprint density at radius 1 is 1.13 bits per heavy atom. The Morgan fingerprint density at radius 3 is 2.71 bits per heavy atom. The van der Waals surface area contributed by atoms with Gasteiger partial charge < -0.3 is 14.8 Å². The highest BCUT2D eigenvalue weighted by Crippen LogP contribution is 2.29. The van der Waals surface area contributed by atoms with Crippen LogP contribution in [0, 0.1) is 0 Å². The van der Waals surface area contributed by atoms with Crippen LogP contribution in [0.15, 0.2) is 53.7 Å². The number of para-hydroxylation sites is 2. The summed E-state index contributed by atoms with van der Waals surface area (Å²) in [6.07, 6.45) is 0.947. The smallest absolute Gasteiger partial charge is 0.237 e. The second-order valence-corrected chi connectivity index (χ2v) is 8.41. The van der Waals surface area contributed by atoms with Crippen molar-refractivity contribution in [1.29, 1.82) is 0 Å². The van der Waals surface area contributed by atoms with E-state index in [9.17, 15) is 9.59 Å². The summed E-state index contributed by atoms with van der Waals surface area (Å²) in [5, 5.41) is 12.3. The molecule has 2 aromatic carbocycles. The first-order valence-corrected chi connectivity index (χ1v) is 11.4. The first kappa shape index (κ1) is 21.4. The molecule has 31 heavy (non-hydrogen) atoms. The molecule has 9 heteroatoms. The zero-order valence-electron chi connectivity index (χ0n) is 17.0. The Hall–Kier alpha value is -2.84. The quantitative estimate of drug-likeness (QED) is 0.548. The molecule has 4 rings (SSSR count). The Balaban J connectivity index is 1.39. The first-order valence-electron chi connectivity index (χ1n) is 10.0. The van der Waals surface area contributed by atoms with E-state index >= 15 is 0 Å². The highest BCUT2D eigenvalue weighted by atomic mass is 35.5. The Kier molecular flexibility index (Phi) is 6.58. The minimum Gasteiger partial charge on any atom is -0.324 e. The second kappa shape index (κ2) is 9.53. The summed E-state index contributed by atoms with van der Waals surface area (Å²) in [5.41, 5.74) is 2.74. The summed E-state index contributed by atoms with van der Waals surface area (Å²) < 4.78 is 1.86. The molecule has 160 valence electrons. The predicted molar refractivity (Wildman–Crippen MR) is 123 cm³/mol. The third-order valence-corrected chi connectivity index (χ3v) is 6.37. The molecule has 0 saturated carbocycles. The number of amides is 2. The summed E-state index contributed by atoms with van der Waals surface area (Å²) >= 11 is 7.44. The van der Waals surface area contributed by atoms with E-state index in [-0.39, 0.29) is 24.0 Å². The van der Waals surface area contributed by atoms with Gasteiger partial charge in [-0.25, -0.2) is 0 Å². The van der Waals surface area contributed by atoms with Gasteiger partial charge in [0.15, 0.2) is 5.16 Å². The molecule has 0 radical (unpaired) electrons. The summed E-state index contributed by atoms with van der Waals surface area (Å²) in [4.78, 5) is 27.0. The normalized spacial score (nSPS) is 12.6. The number of nitrogens with one attached hydrogen (secondary N) is 1. The van der Waals surface area contributed by atoms with Crippen LogP contribution in [0.3, 0.4) is 0 Å². The fraction of sp³-hybridized carbons (Fsp3) is 0.273. The van der Waals surface area contributed by atoms with Gasteiger partial charge in [-0.2, -0.15) is 0 Å². The molecule has 1 aliphatic rings. The van der Waals surface area contributed by atoms with Crippen molar-refractivity contribution in [3.8, 4) is 0 Å². The van der Waals surface area contributed by atoms with Crippen LogP contribution >= 0.6 is 23.4 Å². The van der Waals surface area contributed by atoms with Gasteiger partial charge >= 0.3 is 0 Å². The number of hydrogen-bond acceptors (Lipinski definition) is 5. The standard InChI is InChI=1S/C22H22ClN5O2S/c1-2-27-19(13-20(29)24-17-9-5-4-8-16(17)23)25-26-22(27)31-14-21(30)28-12-11-15-7-3-6-10-18(15)28/h3-10H,2,11-14H2,1H3,(H,24,29). The van der Waals surface area contributed by atoms with Crippen molar-refractivity contribution < 1.29 is 9.59 Å². The minimum absolute atomic E-state index is 0.0404. The molecule has 1 aromatic heterocycles. The number of carbonyl (C=O) groups is 2. The maximum absolute atomic E-state index is 12.8. The van der Waals surface area contributed by atoms with Crippen molar-refractivity contribution in [3.63, 3.8) is 0 Å². The fourth-order valence-corrected chi connectivity index (χ4v) is 4.66. The Labute approximate surface area is 189 Å². The van der Waals surface area contributed by atoms with Crippen LogP contribution < -0.4 is 10.2 Å².